The molecule has 1 heterocycles. The van der Waals surface area contributed by atoms with Crippen molar-refractivity contribution in [2.24, 2.45) is 0 Å². The van der Waals surface area contributed by atoms with E-state index in [0.717, 1.165) is 46.3 Å². The molecular weight excluding hydrogens is 344 g/mol. The van der Waals surface area contributed by atoms with Gasteiger partial charge in [0.2, 0.25) is 0 Å². The fourth-order valence-corrected chi connectivity index (χ4v) is 4.04. The summed E-state index contributed by atoms with van der Waals surface area (Å²) < 4.78 is 5.65. The molecule has 1 atom stereocenters. The smallest absolute Gasteiger partial charge is 0.173 e. The van der Waals surface area contributed by atoms with Gasteiger partial charge in [-0.2, -0.15) is 0 Å². The van der Waals surface area contributed by atoms with Crippen LogP contribution in [0.2, 0.25) is 0 Å². The van der Waals surface area contributed by atoms with Gasteiger partial charge in [0, 0.05) is 23.4 Å². The molecule has 3 rings (SSSR count). The van der Waals surface area contributed by atoms with Gasteiger partial charge in [0.1, 0.15) is 5.75 Å². The largest absolute Gasteiger partial charge is 0.496 e. The highest BCUT2D eigenvalue weighted by Gasteiger charge is 2.34. The lowest BCUT2D eigenvalue weighted by atomic mass is 9.88. The van der Waals surface area contributed by atoms with Crippen molar-refractivity contribution in [3.8, 4) is 5.75 Å². The molecule has 4 nitrogen and oxygen atoms in total. The molecule has 0 bridgehead atoms. The quantitative estimate of drug-likeness (QED) is 0.795. The Labute approximate surface area is 159 Å². The van der Waals surface area contributed by atoms with Crippen LogP contribution < -0.4 is 10.1 Å². The van der Waals surface area contributed by atoms with Crippen molar-refractivity contribution in [2.75, 3.05) is 13.7 Å². The zero-order chi connectivity index (χ0) is 18.8. The summed E-state index contributed by atoms with van der Waals surface area (Å²) in [5, 5.41) is 6.20. The molecular formula is C21H24N2O2S. The van der Waals surface area contributed by atoms with Crippen LogP contribution in [0, 0.1) is 0 Å². The molecule has 1 aliphatic heterocycles. The Morgan fingerprint density at radius 3 is 2.65 bits per heavy atom. The van der Waals surface area contributed by atoms with Crippen LogP contribution in [0.1, 0.15) is 38.8 Å². The minimum absolute atomic E-state index is 0.0404. The van der Waals surface area contributed by atoms with Crippen LogP contribution in [0.15, 0.2) is 47.7 Å². The van der Waals surface area contributed by atoms with Gasteiger partial charge >= 0.3 is 0 Å². The first-order valence-electron chi connectivity index (χ1n) is 8.85. The van der Waals surface area contributed by atoms with Gasteiger partial charge in [0.15, 0.2) is 10.9 Å². The van der Waals surface area contributed by atoms with E-state index in [1.54, 1.807) is 14.0 Å². The van der Waals surface area contributed by atoms with Gasteiger partial charge in [0.25, 0.3) is 0 Å². The highest BCUT2D eigenvalue weighted by molar-refractivity contribution is 7.80. The van der Waals surface area contributed by atoms with Crippen LogP contribution in [0.3, 0.4) is 0 Å². The van der Waals surface area contributed by atoms with E-state index in [1.807, 2.05) is 36.1 Å². The zero-order valence-electron chi connectivity index (χ0n) is 15.6. The fraction of sp³-hybridized carbons (Fsp3) is 0.333. The second-order valence-corrected chi connectivity index (χ2v) is 6.88. The van der Waals surface area contributed by atoms with E-state index in [0.29, 0.717) is 5.11 Å². The number of hydrogen-bond acceptors (Lipinski definition) is 3. The van der Waals surface area contributed by atoms with Crippen LogP contribution >= 0.6 is 12.2 Å². The van der Waals surface area contributed by atoms with E-state index in [2.05, 4.69) is 24.4 Å². The second-order valence-electron chi connectivity index (χ2n) is 6.49. The number of nitrogens with one attached hydrogen (secondary N) is 1. The first-order valence-corrected chi connectivity index (χ1v) is 9.25. The molecule has 5 heteroatoms. The molecule has 0 radical (unpaired) electrons. The van der Waals surface area contributed by atoms with Crippen LogP contribution in [0.5, 0.6) is 5.75 Å². The number of methoxy groups -OCH3 is 1. The standard InChI is InChI=1S/C21H24N2O2S/c1-5-12-23-13(2)18(14(3)24)20(22-21(23)26)19-16-9-7-6-8-15(16)10-11-17(19)25-4/h6-11,20H,5,12H2,1-4H3,(H,22,26). The number of benzene rings is 2. The predicted molar refractivity (Wildman–Crippen MR) is 109 cm³/mol. The molecule has 1 aliphatic rings. The van der Waals surface area contributed by atoms with Gasteiger partial charge in [-0.25, -0.2) is 0 Å². The second kappa shape index (κ2) is 7.46. The molecule has 0 fully saturated rings. The molecule has 26 heavy (non-hydrogen) atoms. The third-order valence-corrected chi connectivity index (χ3v) is 5.20. The summed E-state index contributed by atoms with van der Waals surface area (Å²) in [7, 11) is 1.65. The van der Waals surface area contributed by atoms with E-state index in [9.17, 15) is 4.79 Å². The van der Waals surface area contributed by atoms with Crippen molar-refractivity contribution in [3.63, 3.8) is 0 Å². The predicted octanol–water partition coefficient (Wildman–Crippen LogP) is 4.35. The van der Waals surface area contributed by atoms with Gasteiger partial charge in [-0.05, 0) is 49.3 Å². The Hall–Kier alpha value is -2.40. The average molecular weight is 369 g/mol. The summed E-state index contributed by atoms with van der Waals surface area (Å²) in [6.45, 7) is 6.48. The number of Topliss-reactive ketones (excluding diaryl/α,β-unsaturated/α-hetero) is 1. The Morgan fingerprint density at radius 1 is 1.27 bits per heavy atom. The number of hydrogen-bond donors (Lipinski definition) is 1. The van der Waals surface area contributed by atoms with Crippen molar-refractivity contribution >= 4 is 33.9 Å². The maximum atomic E-state index is 12.6. The molecule has 0 spiro atoms. The zero-order valence-corrected chi connectivity index (χ0v) is 16.4. The van der Waals surface area contributed by atoms with Crippen LogP contribution in [-0.4, -0.2) is 29.5 Å². The lowest BCUT2D eigenvalue weighted by Crippen LogP contribution is -2.47. The maximum Gasteiger partial charge on any atom is 0.173 e. The Bertz CT molecular complexity index is 904. The van der Waals surface area contributed by atoms with Crippen molar-refractivity contribution in [1.82, 2.24) is 10.2 Å². The summed E-state index contributed by atoms with van der Waals surface area (Å²) in [5.41, 5.74) is 2.61. The Balaban J connectivity index is 2.27. The number of fused-ring (bicyclic) bond motifs is 1. The number of ketones is 1. The molecule has 0 amide bonds. The molecule has 0 saturated carbocycles. The first kappa shape index (κ1) is 18.4. The highest BCUT2D eigenvalue weighted by Crippen LogP contribution is 2.39. The molecule has 1 N–H and O–H groups in total. The van der Waals surface area contributed by atoms with Crippen LogP contribution in [0.25, 0.3) is 10.8 Å². The van der Waals surface area contributed by atoms with Gasteiger partial charge in [0.05, 0.1) is 13.2 Å². The van der Waals surface area contributed by atoms with Crippen LogP contribution in [-0.2, 0) is 4.79 Å². The van der Waals surface area contributed by atoms with E-state index < -0.39 is 0 Å². The number of rotatable bonds is 5. The van der Waals surface area contributed by atoms with Gasteiger partial charge < -0.3 is 15.0 Å². The van der Waals surface area contributed by atoms with E-state index in [4.69, 9.17) is 17.0 Å². The number of carbonyl (C=O) groups excluding carboxylic acids is 1. The summed E-state index contributed by atoms with van der Waals surface area (Å²) in [6, 6.07) is 11.8. The maximum absolute atomic E-state index is 12.6. The minimum atomic E-state index is -0.325. The van der Waals surface area contributed by atoms with E-state index in [-0.39, 0.29) is 11.8 Å². The third-order valence-electron chi connectivity index (χ3n) is 4.86. The van der Waals surface area contributed by atoms with E-state index in [1.165, 1.54) is 0 Å². The molecule has 0 saturated heterocycles. The van der Waals surface area contributed by atoms with Crippen molar-refractivity contribution in [3.05, 3.63) is 53.2 Å². The lowest BCUT2D eigenvalue weighted by Gasteiger charge is -2.38. The Morgan fingerprint density at radius 2 is 2.00 bits per heavy atom. The molecule has 2 aromatic rings. The lowest BCUT2D eigenvalue weighted by molar-refractivity contribution is -0.114. The van der Waals surface area contributed by atoms with Gasteiger partial charge in [-0.1, -0.05) is 37.3 Å². The topological polar surface area (TPSA) is 41.6 Å². The molecule has 136 valence electrons. The minimum Gasteiger partial charge on any atom is -0.496 e. The number of allylic oxidation sites excluding steroid dienone is 1. The van der Waals surface area contributed by atoms with Crippen LogP contribution in [0.4, 0.5) is 0 Å². The van der Waals surface area contributed by atoms with Crippen molar-refractivity contribution in [2.45, 2.75) is 33.2 Å². The average Bonchev–Trinajstić information content (AvgIpc) is 2.63. The van der Waals surface area contributed by atoms with Crippen molar-refractivity contribution < 1.29 is 9.53 Å². The highest BCUT2D eigenvalue weighted by atomic mass is 32.1. The van der Waals surface area contributed by atoms with E-state index >= 15 is 0 Å². The normalized spacial score (nSPS) is 17.5. The number of nitrogens with zero attached hydrogens (tertiary/aromatic N) is 1. The molecule has 1 unspecified atom stereocenters. The number of ether oxygens (including phenoxy) is 1. The summed E-state index contributed by atoms with van der Waals surface area (Å²) in [4.78, 5) is 14.6. The van der Waals surface area contributed by atoms with Gasteiger partial charge in [-0.3, -0.25) is 4.79 Å². The number of carbonyl (C=O) groups is 1. The molecule has 2 aromatic carbocycles. The molecule has 0 aromatic heterocycles. The molecule has 0 aliphatic carbocycles. The summed E-state index contributed by atoms with van der Waals surface area (Å²) in [5.74, 6) is 0.790. The SMILES string of the molecule is CCCN1C(=S)NC(c2c(OC)ccc3ccccc23)C(C(C)=O)=C1C. The van der Waals surface area contributed by atoms with Gasteiger partial charge in [-0.15, -0.1) is 0 Å². The van der Waals surface area contributed by atoms with Crippen molar-refractivity contribution in [1.29, 1.82) is 0 Å². The fourth-order valence-electron chi connectivity index (χ4n) is 3.70. The Kier molecular flexibility index (Phi) is 5.28. The first-order chi connectivity index (χ1) is 12.5. The summed E-state index contributed by atoms with van der Waals surface area (Å²) >= 11 is 5.62. The number of thiocarbonyl (C=S) groups is 1. The summed E-state index contributed by atoms with van der Waals surface area (Å²) in [6.07, 6.45) is 0.951. The monoisotopic (exact) mass is 368 g/mol. The third kappa shape index (κ3) is 3.07.